The van der Waals surface area contributed by atoms with Crippen molar-refractivity contribution in [2.75, 3.05) is 45.8 Å². The first-order valence-electron chi connectivity index (χ1n) is 10.5. The van der Waals surface area contributed by atoms with Crippen molar-refractivity contribution >= 4 is 11.9 Å². The molecule has 1 aliphatic heterocycles. The lowest BCUT2D eigenvalue weighted by atomic mass is 10.1. The topological polar surface area (TPSA) is 80.7 Å². The molecular formula is C24H27N5O3. The molecule has 166 valence electrons. The van der Waals surface area contributed by atoms with Crippen molar-refractivity contribution < 1.29 is 14.3 Å². The van der Waals surface area contributed by atoms with E-state index in [9.17, 15) is 4.79 Å². The summed E-state index contributed by atoms with van der Waals surface area (Å²) >= 11 is 0. The van der Waals surface area contributed by atoms with E-state index in [2.05, 4.69) is 9.97 Å². The number of hydrogen-bond acceptors (Lipinski definition) is 7. The highest BCUT2D eigenvalue weighted by atomic mass is 16.5. The van der Waals surface area contributed by atoms with Gasteiger partial charge < -0.3 is 19.3 Å². The maximum absolute atomic E-state index is 13.2. The maximum Gasteiger partial charge on any atom is 0.257 e. The van der Waals surface area contributed by atoms with Crippen LogP contribution in [0.5, 0.6) is 5.75 Å². The van der Waals surface area contributed by atoms with Crippen molar-refractivity contribution in [3.63, 3.8) is 0 Å². The summed E-state index contributed by atoms with van der Waals surface area (Å²) in [7, 11) is 5.39. The van der Waals surface area contributed by atoms with Gasteiger partial charge in [-0.1, -0.05) is 6.07 Å². The Morgan fingerprint density at radius 1 is 1.16 bits per heavy atom. The molecule has 0 N–H and O–H groups in total. The number of pyridine rings is 1. The average Bonchev–Trinajstić information content (AvgIpc) is 2.83. The van der Waals surface area contributed by atoms with Gasteiger partial charge in [0.05, 0.1) is 42.9 Å². The molecule has 32 heavy (non-hydrogen) atoms. The van der Waals surface area contributed by atoms with Crippen molar-refractivity contribution in [1.82, 2.24) is 19.9 Å². The van der Waals surface area contributed by atoms with Crippen LogP contribution in [0.25, 0.3) is 11.3 Å². The largest absolute Gasteiger partial charge is 0.497 e. The van der Waals surface area contributed by atoms with Crippen molar-refractivity contribution in [2.45, 2.75) is 13.0 Å². The van der Waals surface area contributed by atoms with E-state index in [0.29, 0.717) is 36.9 Å². The van der Waals surface area contributed by atoms with Crippen LogP contribution in [0.4, 0.5) is 5.95 Å². The van der Waals surface area contributed by atoms with E-state index in [1.54, 1.807) is 18.2 Å². The van der Waals surface area contributed by atoms with Gasteiger partial charge in [0, 0.05) is 32.4 Å². The van der Waals surface area contributed by atoms with Gasteiger partial charge in [-0.05, 0) is 43.3 Å². The van der Waals surface area contributed by atoms with Gasteiger partial charge in [0.25, 0.3) is 5.91 Å². The summed E-state index contributed by atoms with van der Waals surface area (Å²) in [6.07, 6.45) is 1.31. The van der Waals surface area contributed by atoms with Crippen LogP contribution in [-0.2, 0) is 4.74 Å². The Morgan fingerprint density at radius 3 is 2.62 bits per heavy atom. The SMILES string of the molecule is COc1ccc(-c2cccc([C@H]3CN(C(=O)c4cnc(N(C)C)nc4C)CCO3)n2)cc1. The molecule has 8 heteroatoms. The van der Waals surface area contributed by atoms with Crippen LogP contribution in [0.3, 0.4) is 0 Å². The number of benzene rings is 1. The Balaban J connectivity index is 1.52. The molecule has 0 aliphatic carbocycles. The molecule has 1 aliphatic rings. The molecule has 3 heterocycles. The van der Waals surface area contributed by atoms with E-state index in [0.717, 1.165) is 22.7 Å². The lowest BCUT2D eigenvalue weighted by Gasteiger charge is -2.33. The summed E-state index contributed by atoms with van der Waals surface area (Å²) in [5.41, 5.74) is 3.81. The zero-order valence-corrected chi connectivity index (χ0v) is 18.8. The number of nitrogens with zero attached hydrogens (tertiary/aromatic N) is 5. The van der Waals surface area contributed by atoms with E-state index >= 15 is 0 Å². The Hall–Kier alpha value is -3.52. The third kappa shape index (κ3) is 4.55. The maximum atomic E-state index is 13.2. The van der Waals surface area contributed by atoms with Crippen LogP contribution in [-0.4, -0.2) is 66.7 Å². The number of amides is 1. The van der Waals surface area contributed by atoms with E-state index < -0.39 is 0 Å². The van der Waals surface area contributed by atoms with Crippen LogP contribution < -0.4 is 9.64 Å². The Labute approximate surface area is 187 Å². The molecule has 1 amide bonds. The monoisotopic (exact) mass is 433 g/mol. The number of methoxy groups -OCH3 is 1. The van der Waals surface area contributed by atoms with Crippen LogP contribution in [0.1, 0.15) is 27.8 Å². The van der Waals surface area contributed by atoms with E-state index in [1.807, 2.05) is 68.4 Å². The van der Waals surface area contributed by atoms with Gasteiger partial charge in [-0.25, -0.2) is 15.0 Å². The molecular weight excluding hydrogens is 406 g/mol. The Morgan fingerprint density at radius 2 is 1.94 bits per heavy atom. The van der Waals surface area contributed by atoms with E-state index in [4.69, 9.17) is 14.5 Å². The quantitative estimate of drug-likeness (QED) is 0.611. The summed E-state index contributed by atoms with van der Waals surface area (Å²) in [6, 6.07) is 13.6. The molecule has 0 spiro atoms. The van der Waals surface area contributed by atoms with Crippen LogP contribution in [0.15, 0.2) is 48.7 Å². The lowest BCUT2D eigenvalue weighted by Crippen LogP contribution is -2.42. The van der Waals surface area contributed by atoms with Crippen molar-refractivity contribution in [3.8, 4) is 17.0 Å². The van der Waals surface area contributed by atoms with Crippen LogP contribution in [0, 0.1) is 6.92 Å². The summed E-state index contributed by atoms with van der Waals surface area (Å²) in [4.78, 5) is 30.3. The summed E-state index contributed by atoms with van der Waals surface area (Å²) < 4.78 is 11.2. The number of aromatic nitrogens is 3. The van der Waals surface area contributed by atoms with Crippen molar-refractivity contribution in [2.24, 2.45) is 0 Å². The third-order valence-electron chi connectivity index (χ3n) is 5.44. The molecule has 0 saturated carbocycles. The van der Waals surface area contributed by atoms with Gasteiger partial charge in [-0.3, -0.25) is 4.79 Å². The number of aryl methyl sites for hydroxylation is 1. The van der Waals surface area contributed by atoms with Gasteiger partial charge in [-0.15, -0.1) is 0 Å². The van der Waals surface area contributed by atoms with Crippen molar-refractivity contribution in [3.05, 3.63) is 65.6 Å². The molecule has 1 saturated heterocycles. The fraction of sp³-hybridized carbons (Fsp3) is 0.333. The van der Waals surface area contributed by atoms with E-state index in [1.165, 1.54) is 0 Å². The summed E-state index contributed by atoms with van der Waals surface area (Å²) in [6.45, 7) is 3.22. The number of ether oxygens (including phenoxy) is 2. The number of carbonyl (C=O) groups is 1. The van der Waals surface area contributed by atoms with Crippen LogP contribution >= 0.6 is 0 Å². The molecule has 3 aromatic rings. The molecule has 0 radical (unpaired) electrons. The second kappa shape index (κ2) is 9.32. The van der Waals surface area contributed by atoms with Gasteiger partial charge in [-0.2, -0.15) is 0 Å². The predicted molar refractivity (Wildman–Crippen MR) is 122 cm³/mol. The first-order valence-corrected chi connectivity index (χ1v) is 10.5. The fourth-order valence-corrected chi connectivity index (χ4v) is 3.62. The van der Waals surface area contributed by atoms with Gasteiger partial charge in [0.2, 0.25) is 5.95 Å². The minimum absolute atomic E-state index is 0.0904. The zero-order valence-electron chi connectivity index (χ0n) is 18.8. The van der Waals surface area contributed by atoms with Gasteiger partial charge in [0.15, 0.2) is 0 Å². The molecule has 4 rings (SSSR count). The number of anilines is 1. The second-order valence-corrected chi connectivity index (χ2v) is 7.85. The molecule has 8 nitrogen and oxygen atoms in total. The number of hydrogen-bond donors (Lipinski definition) is 0. The standard InChI is InChI=1S/C24H27N5O3/c1-16-19(14-25-24(26-16)28(2)3)23(30)29-12-13-32-22(15-29)21-7-5-6-20(27-21)17-8-10-18(31-4)11-9-17/h5-11,14,22H,12-13,15H2,1-4H3/t22-/m1/s1. The molecule has 2 aromatic heterocycles. The fourth-order valence-electron chi connectivity index (χ4n) is 3.62. The second-order valence-electron chi connectivity index (χ2n) is 7.85. The summed E-state index contributed by atoms with van der Waals surface area (Å²) in [5, 5.41) is 0. The Bertz CT molecular complexity index is 1100. The predicted octanol–water partition coefficient (Wildman–Crippen LogP) is 3.14. The van der Waals surface area contributed by atoms with E-state index in [-0.39, 0.29) is 12.0 Å². The first kappa shape index (κ1) is 21.7. The minimum Gasteiger partial charge on any atom is -0.497 e. The first-order chi connectivity index (χ1) is 15.5. The van der Waals surface area contributed by atoms with Gasteiger partial charge >= 0.3 is 0 Å². The Kier molecular flexibility index (Phi) is 6.32. The average molecular weight is 434 g/mol. The minimum atomic E-state index is -0.298. The molecule has 0 bridgehead atoms. The molecule has 1 fully saturated rings. The lowest BCUT2D eigenvalue weighted by molar-refractivity contribution is -0.0247. The number of rotatable bonds is 5. The van der Waals surface area contributed by atoms with Crippen LogP contribution in [0.2, 0.25) is 0 Å². The smallest absolute Gasteiger partial charge is 0.257 e. The highest BCUT2D eigenvalue weighted by Gasteiger charge is 2.28. The number of morpholine rings is 1. The molecule has 0 unspecified atom stereocenters. The highest BCUT2D eigenvalue weighted by molar-refractivity contribution is 5.95. The molecule has 1 atom stereocenters. The normalized spacial score (nSPS) is 16.0. The van der Waals surface area contributed by atoms with Gasteiger partial charge in [0.1, 0.15) is 11.9 Å². The zero-order chi connectivity index (χ0) is 22.7. The van der Waals surface area contributed by atoms with Crippen molar-refractivity contribution in [1.29, 1.82) is 0 Å². The summed E-state index contributed by atoms with van der Waals surface area (Å²) in [5.74, 6) is 1.29. The highest BCUT2D eigenvalue weighted by Crippen LogP contribution is 2.26. The molecule has 1 aromatic carbocycles. The number of carbonyl (C=O) groups excluding carboxylic acids is 1. The third-order valence-corrected chi connectivity index (χ3v) is 5.44.